The number of nitrogens with zero attached hydrogens (tertiary/aromatic N) is 4. The van der Waals surface area contributed by atoms with Crippen molar-refractivity contribution in [2.24, 2.45) is 0 Å². The van der Waals surface area contributed by atoms with Gasteiger partial charge in [-0.25, -0.2) is 0 Å². The first kappa shape index (κ1) is 13.6. The third kappa shape index (κ3) is 2.88. The number of hydrogen-bond donors (Lipinski definition) is 1. The van der Waals surface area contributed by atoms with Crippen molar-refractivity contribution in [3.05, 3.63) is 34.4 Å². The predicted molar refractivity (Wildman–Crippen MR) is 78.8 cm³/mol. The van der Waals surface area contributed by atoms with E-state index in [0.29, 0.717) is 12.6 Å². The van der Waals surface area contributed by atoms with E-state index < -0.39 is 0 Å². The highest BCUT2D eigenvalue weighted by molar-refractivity contribution is 6.31. The molecule has 0 spiro atoms. The average molecular weight is 294 g/mol. The van der Waals surface area contributed by atoms with Crippen molar-refractivity contribution < 1.29 is 0 Å². The molecule has 1 aliphatic rings. The van der Waals surface area contributed by atoms with Gasteiger partial charge in [0.1, 0.15) is 0 Å². The smallest absolute Gasteiger partial charge is 0.0866 e. The number of hydrogen-bond acceptors (Lipinski definition) is 3. The van der Waals surface area contributed by atoms with Crippen LogP contribution in [0.15, 0.2) is 12.3 Å². The van der Waals surface area contributed by atoms with Crippen LogP contribution in [-0.4, -0.2) is 25.6 Å². The molecule has 1 fully saturated rings. The molecule has 0 aliphatic heterocycles. The molecule has 5 nitrogen and oxygen atoms in total. The summed E-state index contributed by atoms with van der Waals surface area (Å²) in [6, 6.07) is 2.77. The monoisotopic (exact) mass is 293 g/mol. The van der Waals surface area contributed by atoms with Crippen LogP contribution in [0.1, 0.15) is 36.8 Å². The molecule has 0 amide bonds. The van der Waals surface area contributed by atoms with Gasteiger partial charge < -0.3 is 5.32 Å². The minimum Gasteiger partial charge on any atom is -0.308 e. The van der Waals surface area contributed by atoms with Gasteiger partial charge in [-0.1, -0.05) is 11.6 Å². The van der Waals surface area contributed by atoms with Gasteiger partial charge in [-0.3, -0.25) is 9.36 Å². The summed E-state index contributed by atoms with van der Waals surface area (Å²) in [7, 11) is 0. The van der Waals surface area contributed by atoms with E-state index in [2.05, 4.69) is 28.5 Å². The van der Waals surface area contributed by atoms with E-state index >= 15 is 0 Å². The van der Waals surface area contributed by atoms with Crippen LogP contribution in [0.25, 0.3) is 0 Å². The fraction of sp³-hybridized carbons (Fsp3) is 0.571. The summed E-state index contributed by atoms with van der Waals surface area (Å²) < 4.78 is 3.87. The Bertz CT molecular complexity index is 597. The van der Waals surface area contributed by atoms with E-state index in [-0.39, 0.29) is 0 Å². The van der Waals surface area contributed by atoms with Crippen LogP contribution in [0.2, 0.25) is 5.02 Å². The lowest BCUT2D eigenvalue weighted by atomic mass is 10.3. The molecule has 0 atom stereocenters. The summed E-state index contributed by atoms with van der Waals surface area (Å²) in [5.41, 5.74) is 2.98. The highest BCUT2D eigenvalue weighted by Crippen LogP contribution is 2.21. The highest BCUT2D eigenvalue weighted by atomic mass is 35.5. The fourth-order valence-electron chi connectivity index (χ4n) is 2.30. The molecule has 0 radical (unpaired) electrons. The van der Waals surface area contributed by atoms with Crippen molar-refractivity contribution in [1.29, 1.82) is 0 Å². The summed E-state index contributed by atoms with van der Waals surface area (Å²) in [6.07, 6.45) is 4.60. The molecule has 2 heterocycles. The molecular weight excluding hydrogens is 274 g/mol. The van der Waals surface area contributed by atoms with Crippen molar-refractivity contribution >= 4 is 11.6 Å². The normalized spacial score (nSPS) is 14.9. The van der Waals surface area contributed by atoms with E-state index in [1.807, 2.05) is 22.5 Å². The van der Waals surface area contributed by atoms with Crippen molar-refractivity contribution in [3.63, 3.8) is 0 Å². The van der Waals surface area contributed by atoms with Gasteiger partial charge in [0, 0.05) is 25.3 Å². The molecule has 3 rings (SSSR count). The lowest BCUT2D eigenvalue weighted by molar-refractivity contribution is 0.567. The van der Waals surface area contributed by atoms with Crippen molar-refractivity contribution in [1.82, 2.24) is 24.9 Å². The molecule has 20 heavy (non-hydrogen) atoms. The number of aromatic nitrogens is 4. The third-order valence-corrected chi connectivity index (χ3v) is 4.10. The predicted octanol–water partition coefficient (Wildman–Crippen LogP) is 2.36. The zero-order valence-corrected chi connectivity index (χ0v) is 12.7. The maximum atomic E-state index is 6.32. The highest BCUT2D eigenvalue weighted by Gasteiger charge is 2.20. The Hall–Kier alpha value is -1.33. The van der Waals surface area contributed by atoms with E-state index in [0.717, 1.165) is 35.2 Å². The molecule has 0 saturated heterocycles. The van der Waals surface area contributed by atoms with E-state index in [1.54, 1.807) is 0 Å². The Balaban J connectivity index is 1.70. The zero-order chi connectivity index (χ0) is 14.1. The minimum absolute atomic E-state index is 0.664. The van der Waals surface area contributed by atoms with Crippen LogP contribution in [-0.2, 0) is 19.6 Å². The Labute approximate surface area is 123 Å². The molecule has 6 heteroatoms. The van der Waals surface area contributed by atoms with Crippen LogP contribution in [0.3, 0.4) is 0 Å². The van der Waals surface area contributed by atoms with Crippen LogP contribution >= 0.6 is 11.6 Å². The molecule has 0 bridgehead atoms. The maximum absolute atomic E-state index is 6.32. The van der Waals surface area contributed by atoms with Gasteiger partial charge in [0.2, 0.25) is 0 Å². The van der Waals surface area contributed by atoms with Crippen molar-refractivity contribution in [2.45, 2.75) is 52.4 Å². The van der Waals surface area contributed by atoms with Crippen LogP contribution in [0.5, 0.6) is 0 Å². The first-order valence-electron chi connectivity index (χ1n) is 7.15. The quantitative estimate of drug-likeness (QED) is 0.889. The largest absolute Gasteiger partial charge is 0.308 e. The van der Waals surface area contributed by atoms with Gasteiger partial charge in [0.05, 0.1) is 28.6 Å². The van der Waals surface area contributed by atoms with E-state index in [4.69, 9.17) is 11.6 Å². The Morgan fingerprint density at radius 3 is 2.90 bits per heavy atom. The lowest BCUT2D eigenvalue weighted by Crippen LogP contribution is -2.16. The van der Waals surface area contributed by atoms with E-state index in [9.17, 15) is 0 Å². The first-order chi connectivity index (χ1) is 9.67. The molecular formula is C14H20ClN5. The van der Waals surface area contributed by atoms with Gasteiger partial charge in [-0.2, -0.15) is 10.2 Å². The molecule has 1 N–H and O–H groups in total. The summed E-state index contributed by atoms with van der Waals surface area (Å²) in [4.78, 5) is 0. The summed E-state index contributed by atoms with van der Waals surface area (Å²) in [5.74, 6) is 0. The summed E-state index contributed by atoms with van der Waals surface area (Å²) in [6.45, 7) is 6.33. The van der Waals surface area contributed by atoms with Gasteiger partial charge >= 0.3 is 0 Å². The summed E-state index contributed by atoms with van der Waals surface area (Å²) >= 11 is 6.32. The molecule has 108 valence electrons. The maximum Gasteiger partial charge on any atom is 0.0866 e. The van der Waals surface area contributed by atoms with Crippen molar-refractivity contribution in [2.75, 3.05) is 0 Å². The molecule has 2 aromatic rings. The number of nitrogens with one attached hydrogen (secondary N) is 1. The summed E-state index contributed by atoms with van der Waals surface area (Å²) in [5, 5.41) is 13.2. The second-order valence-corrected chi connectivity index (χ2v) is 5.70. The number of halogens is 1. The van der Waals surface area contributed by atoms with Gasteiger partial charge in [-0.15, -0.1) is 0 Å². The van der Waals surface area contributed by atoms with Crippen molar-refractivity contribution in [3.8, 4) is 0 Å². The number of rotatable bonds is 6. The second-order valence-electron chi connectivity index (χ2n) is 5.32. The van der Waals surface area contributed by atoms with Gasteiger partial charge in [0.15, 0.2) is 0 Å². The average Bonchev–Trinajstić information content (AvgIpc) is 3.11. The number of aryl methyl sites for hydroxylation is 2. The van der Waals surface area contributed by atoms with Crippen LogP contribution in [0, 0.1) is 6.92 Å². The third-order valence-electron chi connectivity index (χ3n) is 3.61. The minimum atomic E-state index is 0.664. The lowest BCUT2D eigenvalue weighted by Gasteiger charge is -2.05. The van der Waals surface area contributed by atoms with Gasteiger partial charge in [0.25, 0.3) is 0 Å². The molecule has 1 saturated carbocycles. The SMILES string of the molecule is CCn1nc(C)c(Cl)c1Cn1ccc(CNC2CC2)n1. The standard InChI is InChI=1S/C14H20ClN5/c1-3-20-13(14(15)10(2)17-20)9-19-7-6-12(18-19)8-16-11-4-5-11/h6-7,11,16H,3-5,8-9H2,1-2H3. The molecule has 2 aromatic heterocycles. The van der Waals surface area contributed by atoms with Crippen LogP contribution < -0.4 is 5.32 Å². The first-order valence-corrected chi connectivity index (χ1v) is 7.52. The Kier molecular flexibility index (Phi) is 3.81. The Morgan fingerprint density at radius 1 is 1.40 bits per heavy atom. The topological polar surface area (TPSA) is 47.7 Å². The second kappa shape index (κ2) is 5.58. The Morgan fingerprint density at radius 2 is 2.20 bits per heavy atom. The molecule has 0 unspecified atom stereocenters. The van der Waals surface area contributed by atoms with Crippen LogP contribution in [0.4, 0.5) is 0 Å². The zero-order valence-electron chi connectivity index (χ0n) is 11.9. The van der Waals surface area contributed by atoms with Gasteiger partial charge in [-0.05, 0) is 32.8 Å². The van der Waals surface area contributed by atoms with E-state index in [1.165, 1.54) is 12.8 Å². The molecule has 0 aromatic carbocycles. The fourth-order valence-corrected chi connectivity index (χ4v) is 2.49. The molecule has 1 aliphatic carbocycles.